The minimum atomic E-state index is -1.17. The van der Waals surface area contributed by atoms with Crippen LogP contribution in [-0.4, -0.2) is 18.0 Å². The van der Waals surface area contributed by atoms with Gasteiger partial charge in [-0.3, -0.25) is 10.1 Å². The number of hydrogen-bond acceptors (Lipinski definition) is 3. The van der Waals surface area contributed by atoms with Gasteiger partial charge in [0.25, 0.3) is 5.91 Å². The van der Waals surface area contributed by atoms with Gasteiger partial charge >= 0.3 is 12.1 Å². The van der Waals surface area contributed by atoms with Crippen LogP contribution in [0.25, 0.3) is 0 Å². The molecule has 132 valence electrons. The first kappa shape index (κ1) is 19.8. The van der Waals surface area contributed by atoms with E-state index < -0.39 is 35.2 Å². The first-order valence-electron chi connectivity index (χ1n) is 6.57. The predicted molar refractivity (Wildman–Crippen MR) is 88.1 cm³/mol. The zero-order chi connectivity index (χ0) is 19.0. The summed E-state index contributed by atoms with van der Waals surface area (Å²) >= 11 is 5.68. The van der Waals surface area contributed by atoms with Crippen molar-refractivity contribution in [1.82, 2.24) is 5.32 Å². The Morgan fingerprint density at radius 2 is 1.40 bits per heavy atom. The summed E-state index contributed by atoms with van der Waals surface area (Å²) in [5.41, 5.74) is 8.06. The summed E-state index contributed by atoms with van der Waals surface area (Å²) in [7, 11) is 0. The molecule has 0 aliphatic carbocycles. The lowest BCUT2D eigenvalue weighted by molar-refractivity contribution is 0.0959. The number of carbonyl (C=O) groups is 3. The zero-order valence-corrected chi connectivity index (χ0v) is 13.3. The van der Waals surface area contributed by atoms with Crippen molar-refractivity contribution in [2.45, 2.75) is 0 Å². The summed E-state index contributed by atoms with van der Waals surface area (Å²) in [6.07, 6.45) is 0. The van der Waals surface area contributed by atoms with Gasteiger partial charge in [0, 0.05) is 10.7 Å². The molecule has 2 aromatic carbocycles. The molecule has 25 heavy (non-hydrogen) atoms. The van der Waals surface area contributed by atoms with Crippen molar-refractivity contribution >= 4 is 35.3 Å². The molecule has 2 aromatic rings. The molecule has 0 unspecified atom stereocenters. The van der Waals surface area contributed by atoms with Crippen LogP contribution >= 0.6 is 11.6 Å². The van der Waals surface area contributed by atoms with Gasteiger partial charge in [0.05, 0.1) is 0 Å². The second-order valence-electron chi connectivity index (χ2n) is 4.41. The number of carbonyl (C=O) groups excluding carboxylic acids is 3. The van der Waals surface area contributed by atoms with Crippen LogP contribution in [0.1, 0.15) is 10.4 Å². The fourth-order valence-corrected chi connectivity index (χ4v) is 1.70. The summed E-state index contributed by atoms with van der Waals surface area (Å²) in [6.45, 7) is 0. The Morgan fingerprint density at radius 1 is 0.920 bits per heavy atom. The fraction of sp³-hybridized carbons (Fsp3) is 0. The maximum Gasteiger partial charge on any atom is 0.326 e. The number of anilines is 1. The predicted octanol–water partition coefficient (Wildman–Crippen LogP) is 2.60. The molecule has 7 nitrogen and oxygen atoms in total. The summed E-state index contributed by atoms with van der Waals surface area (Å²) < 4.78 is 26.8. The van der Waals surface area contributed by atoms with E-state index in [9.17, 15) is 18.4 Å². The van der Waals surface area contributed by atoms with Crippen LogP contribution < -0.4 is 22.1 Å². The molecule has 0 saturated heterocycles. The highest BCUT2D eigenvalue weighted by Crippen LogP contribution is 2.14. The number of nitrogens with two attached hydrogens (primary N) is 2. The smallest absolute Gasteiger partial charge is 0.326 e. The van der Waals surface area contributed by atoms with Gasteiger partial charge < -0.3 is 16.8 Å². The van der Waals surface area contributed by atoms with Crippen molar-refractivity contribution < 1.29 is 23.2 Å². The van der Waals surface area contributed by atoms with Crippen molar-refractivity contribution in [3.63, 3.8) is 0 Å². The highest BCUT2D eigenvalue weighted by molar-refractivity contribution is 6.30. The number of hydrogen-bond donors (Lipinski definition) is 4. The molecule has 0 heterocycles. The average molecular weight is 371 g/mol. The Balaban J connectivity index is 0.000000705. The minimum absolute atomic E-state index is 0.374. The minimum Gasteiger partial charge on any atom is -0.352 e. The third-order valence-corrected chi connectivity index (χ3v) is 2.77. The maximum atomic E-state index is 13.4. The monoisotopic (exact) mass is 370 g/mol. The second-order valence-corrected chi connectivity index (χ2v) is 4.85. The van der Waals surface area contributed by atoms with Gasteiger partial charge in [0.1, 0.15) is 17.2 Å². The van der Waals surface area contributed by atoms with E-state index in [1.54, 1.807) is 0 Å². The van der Waals surface area contributed by atoms with E-state index in [0.717, 1.165) is 18.2 Å². The van der Waals surface area contributed by atoms with Crippen LogP contribution in [0.15, 0.2) is 42.5 Å². The van der Waals surface area contributed by atoms with Gasteiger partial charge in [-0.05, 0) is 36.4 Å². The second kappa shape index (κ2) is 9.18. The molecule has 0 bridgehead atoms. The first-order valence-corrected chi connectivity index (χ1v) is 6.95. The van der Waals surface area contributed by atoms with Crippen molar-refractivity contribution in [3.05, 3.63) is 64.7 Å². The van der Waals surface area contributed by atoms with E-state index in [4.69, 9.17) is 16.4 Å². The molecule has 2 rings (SSSR count). The molecule has 0 fully saturated rings. The van der Waals surface area contributed by atoms with E-state index in [1.165, 1.54) is 24.3 Å². The van der Waals surface area contributed by atoms with Gasteiger partial charge in [-0.2, -0.15) is 0 Å². The number of nitrogens with one attached hydrogen (secondary N) is 2. The normalized spacial score (nSPS) is 9.40. The van der Waals surface area contributed by atoms with Crippen LogP contribution in [0.4, 0.5) is 24.1 Å². The number of urea groups is 2. The molecule has 0 aromatic heterocycles. The first-order chi connectivity index (χ1) is 11.7. The van der Waals surface area contributed by atoms with Crippen molar-refractivity contribution in [2.24, 2.45) is 11.5 Å². The van der Waals surface area contributed by atoms with E-state index in [0.29, 0.717) is 10.7 Å². The number of imide groups is 1. The van der Waals surface area contributed by atoms with Crippen LogP contribution in [0, 0.1) is 11.6 Å². The number of halogens is 3. The van der Waals surface area contributed by atoms with Crippen LogP contribution in [0.2, 0.25) is 5.02 Å². The molecular weight excluding hydrogens is 358 g/mol. The Bertz CT molecular complexity index is 761. The number of amides is 5. The molecule has 5 amide bonds. The standard InChI is InChI=1S/C14H9ClF2N2O2.CH4N2O/c15-8-4-6-9(7-5-8)18-14(21)19-13(20)12-10(16)2-1-3-11(12)17;2-1(3)4/h1-7H,(H2,18,19,20,21);(H4,2,3,4). The van der Waals surface area contributed by atoms with Crippen molar-refractivity contribution in [3.8, 4) is 0 Å². The number of benzene rings is 2. The lowest BCUT2D eigenvalue weighted by Crippen LogP contribution is -2.35. The Hall–Kier alpha value is -3.20. The van der Waals surface area contributed by atoms with Gasteiger partial charge in [-0.25, -0.2) is 18.4 Å². The maximum absolute atomic E-state index is 13.4. The number of rotatable bonds is 2. The van der Waals surface area contributed by atoms with E-state index in [-0.39, 0.29) is 0 Å². The van der Waals surface area contributed by atoms with Gasteiger partial charge in [-0.15, -0.1) is 0 Å². The lowest BCUT2D eigenvalue weighted by atomic mass is 10.2. The largest absolute Gasteiger partial charge is 0.352 e. The topological polar surface area (TPSA) is 127 Å². The molecule has 0 aliphatic rings. The van der Waals surface area contributed by atoms with Crippen LogP contribution in [0.5, 0.6) is 0 Å². The molecule has 0 atom stereocenters. The zero-order valence-electron chi connectivity index (χ0n) is 12.6. The Kier molecular flexibility index (Phi) is 7.29. The van der Waals surface area contributed by atoms with E-state index in [1.807, 2.05) is 5.32 Å². The molecule has 0 radical (unpaired) electrons. The lowest BCUT2D eigenvalue weighted by Gasteiger charge is -2.08. The van der Waals surface area contributed by atoms with Crippen LogP contribution in [0.3, 0.4) is 0 Å². The third-order valence-electron chi connectivity index (χ3n) is 2.52. The average Bonchev–Trinajstić information content (AvgIpc) is 2.48. The SMILES string of the molecule is NC(N)=O.O=C(NC(=O)c1c(F)cccc1F)Nc1ccc(Cl)cc1. The third kappa shape index (κ3) is 6.83. The summed E-state index contributed by atoms with van der Waals surface area (Å²) in [5, 5.41) is 4.65. The Labute approximate surface area is 145 Å². The summed E-state index contributed by atoms with van der Waals surface area (Å²) in [5.74, 6) is -3.27. The van der Waals surface area contributed by atoms with Crippen molar-refractivity contribution in [1.29, 1.82) is 0 Å². The quantitative estimate of drug-likeness (QED) is 0.648. The molecule has 0 spiro atoms. The highest BCUT2D eigenvalue weighted by atomic mass is 35.5. The summed E-state index contributed by atoms with van der Waals surface area (Å²) in [4.78, 5) is 32.3. The molecule has 0 saturated carbocycles. The molecule has 0 aliphatic heterocycles. The van der Waals surface area contributed by atoms with E-state index in [2.05, 4.69) is 16.8 Å². The van der Waals surface area contributed by atoms with Gasteiger partial charge in [0.2, 0.25) is 0 Å². The van der Waals surface area contributed by atoms with Gasteiger partial charge in [-0.1, -0.05) is 17.7 Å². The summed E-state index contributed by atoms with van der Waals surface area (Å²) in [6, 6.07) is 7.32. The van der Waals surface area contributed by atoms with Gasteiger partial charge in [0.15, 0.2) is 0 Å². The number of primary amides is 2. The van der Waals surface area contributed by atoms with Crippen molar-refractivity contribution in [2.75, 3.05) is 5.32 Å². The van der Waals surface area contributed by atoms with E-state index >= 15 is 0 Å². The highest BCUT2D eigenvalue weighted by Gasteiger charge is 2.19. The molecule has 10 heteroatoms. The molecule has 6 N–H and O–H groups in total. The fourth-order valence-electron chi connectivity index (χ4n) is 1.58. The molecular formula is C15H13ClF2N4O3. The Morgan fingerprint density at radius 3 is 1.88 bits per heavy atom. The van der Waals surface area contributed by atoms with Crippen LogP contribution in [-0.2, 0) is 0 Å².